The van der Waals surface area contributed by atoms with Crippen LogP contribution in [0, 0.1) is 11.7 Å². The SMILES string of the molecule is CN1c2ccc(-c3ccc(F)cc3)cc2[C@@H]2[C@@H](CCN2C(=O)c2ccncc2)[C@H]1CO. The molecule has 3 atom stereocenters. The third-order valence-electron chi connectivity index (χ3n) is 6.72. The fraction of sp³-hybridized carbons (Fsp3) is 0.280. The minimum Gasteiger partial charge on any atom is -0.394 e. The van der Waals surface area contributed by atoms with Crippen LogP contribution < -0.4 is 4.90 Å². The van der Waals surface area contributed by atoms with Gasteiger partial charge in [0, 0.05) is 43.2 Å². The van der Waals surface area contributed by atoms with Crippen LogP contribution in [0.3, 0.4) is 0 Å². The topological polar surface area (TPSA) is 56.7 Å². The monoisotopic (exact) mass is 417 g/mol. The first kappa shape index (κ1) is 19.7. The Labute approximate surface area is 180 Å². The Hall–Kier alpha value is -3.25. The van der Waals surface area contributed by atoms with Crippen molar-refractivity contribution in [3.8, 4) is 11.1 Å². The van der Waals surface area contributed by atoms with Crippen molar-refractivity contribution in [3.05, 3.63) is 83.9 Å². The molecule has 0 spiro atoms. The molecule has 1 amide bonds. The number of amides is 1. The van der Waals surface area contributed by atoms with E-state index in [0.717, 1.165) is 28.8 Å². The number of fused-ring (bicyclic) bond motifs is 3. The first-order chi connectivity index (χ1) is 15.1. The number of hydrogen-bond acceptors (Lipinski definition) is 4. The molecule has 1 N–H and O–H groups in total. The third kappa shape index (κ3) is 3.27. The molecular formula is C25H24FN3O2. The number of likely N-dealkylation sites (tertiary alicyclic amines) is 1. The van der Waals surface area contributed by atoms with Crippen molar-refractivity contribution >= 4 is 11.6 Å². The number of rotatable bonds is 3. The predicted molar refractivity (Wildman–Crippen MR) is 117 cm³/mol. The van der Waals surface area contributed by atoms with Crippen molar-refractivity contribution in [2.75, 3.05) is 25.1 Å². The van der Waals surface area contributed by atoms with E-state index in [0.29, 0.717) is 12.1 Å². The van der Waals surface area contributed by atoms with Gasteiger partial charge in [-0.25, -0.2) is 4.39 Å². The van der Waals surface area contributed by atoms with Gasteiger partial charge in [-0.3, -0.25) is 9.78 Å². The molecular weight excluding hydrogens is 393 g/mol. The lowest BCUT2D eigenvalue weighted by molar-refractivity contribution is 0.0694. The van der Waals surface area contributed by atoms with Gasteiger partial charge in [0.2, 0.25) is 0 Å². The Morgan fingerprint density at radius 3 is 2.52 bits per heavy atom. The largest absolute Gasteiger partial charge is 0.394 e. The summed E-state index contributed by atoms with van der Waals surface area (Å²) in [4.78, 5) is 21.4. The third-order valence-corrected chi connectivity index (χ3v) is 6.72. The van der Waals surface area contributed by atoms with E-state index in [1.54, 1.807) is 36.7 Å². The Balaban J connectivity index is 1.60. The van der Waals surface area contributed by atoms with Gasteiger partial charge in [0.25, 0.3) is 5.91 Å². The number of hydrogen-bond donors (Lipinski definition) is 1. The normalized spacial score (nSPS) is 22.2. The van der Waals surface area contributed by atoms with Crippen LogP contribution in [0.1, 0.15) is 28.4 Å². The number of aliphatic hydroxyl groups is 1. The highest BCUT2D eigenvalue weighted by Gasteiger charge is 2.47. The lowest BCUT2D eigenvalue weighted by Gasteiger charge is -2.44. The maximum atomic E-state index is 13.4. The fourth-order valence-corrected chi connectivity index (χ4v) is 5.16. The van der Waals surface area contributed by atoms with E-state index in [2.05, 4.69) is 16.0 Å². The number of carbonyl (C=O) groups excluding carboxylic acids is 1. The molecule has 3 heterocycles. The van der Waals surface area contributed by atoms with Crippen LogP contribution in [0.5, 0.6) is 0 Å². The zero-order valence-electron chi connectivity index (χ0n) is 17.3. The lowest BCUT2D eigenvalue weighted by atomic mass is 9.81. The van der Waals surface area contributed by atoms with Crippen LogP contribution in [0.2, 0.25) is 0 Å². The number of benzene rings is 2. The summed E-state index contributed by atoms with van der Waals surface area (Å²) in [6.45, 7) is 0.676. The smallest absolute Gasteiger partial charge is 0.254 e. The van der Waals surface area contributed by atoms with Gasteiger partial charge in [0.1, 0.15) is 5.82 Å². The van der Waals surface area contributed by atoms with Crippen molar-refractivity contribution in [1.82, 2.24) is 9.88 Å². The molecule has 0 radical (unpaired) electrons. The molecule has 0 unspecified atom stereocenters. The molecule has 1 saturated heterocycles. The molecule has 1 fully saturated rings. The van der Waals surface area contributed by atoms with Gasteiger partial charge < -0.3 is 14.9 Å². The molecule has 31 heavy (non-hydrogen) atoms. The molecule has 0 bridgehead atoms. The number of halogens is 1. The van der Waals surface area contributed by atoms with Gasteiger partial charge in [-0.15, -0.1) is 0 Å². The van der Waals surface area contributed by atoms with E-state index in [1.807, 2.05) is 24.1 Å². The second kappa shape index (κ2) is 7.78. The number of pyridine rings is 1. The summed E-state index contributed by atoms with van der Waals surface area (Å²) in [6.07, 6.45) is 4.09. The van der Waals surface area contributed by atoms with Crippen LogP contribution in [0.25, 0.3) is 11.1 Å². The Kier molecular flexibility index (Phi) is 4.94. The maximum Gasteiger partial charge on any atom is 0.254 e. The van der Waals surface area contributed by atoms with Crippen molar-refractivity contribution in [3.63, 3.8) is 0 Å². The molecule has 5 rings (SSSR count). The van der Waals surface area contributed by atoms with Crippen LogP contribution >= 0.6 is 0 Å². The number of aromatic nitrogens is 1. The summed E-state index contributed by atoms with van der Waals surface area (Å²) in [5, 5.41) is 10.1. The Morgan fingerprint density at radius 1 is 1.10 bits per heavy atom. The van der Waals surface area contributed by atoms with Crippen LogP contribution in [-0.2, 0) is 0 Å². The Morgan fingerprint density at radius 2 is 1.81 bits per heavy atom. The van der Waals surface area contributed by atoms with Gasteiger partial charge >= 0.3 is 0 Å². The highest BCUT2D eigenvalue weighted by Crippen LogP contribution is 2.49. The number of likely N-dealkylation sites (N-methyl/N-ethyl adjacent to an activating group) is 1. The van der Waals surface area contributed by atoms with Crippen molar-refractivity contribution in [2.24, 2.45) is 5.92 Å². The first-order valence-electron chi connectivity index (χ1n) is 10.5. The fourth-order valence-electron chi connectivity index (χ4n) is 5.16. The number of nitrogens with zero attached hydrogens (tertiary/aromatic N) is 3. The molecule has 3 aromatic rings. The molecule has 0 saturated carbocycles. The molecule has 5 nitrogen and oxygen atoms in total. The molecule has 1 aromatic heterocycles. The van der Waals surface area contributed by atoms with Gasteiger partial charge in [0.15, 0.2) is 0 Å². The molecule has 6 heteroatoms. The summed E-state index contributed by atoms with van der Waals surface area (Å²) < 4.78 is 13.4. The summed E-state index contributed by atoms with van der Waals surface area (Å²) >= 11 is 0. The lowest BCUT2D eigenvalue weighted by Crippen LogP contribution is -2.48. The summed E-state index contributed by atoms with van der Waals surface area (Å²) in [6, 6.07) is 15.9. The average Bonchev–Trinajstić information content (AvgIpc) is 3.25. The van der Waals surface area contributed by atoms with Crippen LogP contribution in [-0.4, -0.2) is 47.1 Å². The molecule has 2 aliphatic rings. The quantitative estimate of drug-likeness (QED) is 0.702. The van der Waals surface area contributed by atoms with E-state index < -0.39 is 0 Å². The minimum atomic E-state index is -0.266. The van der Waals surface area contributed by atoms with Gasteiger partial charge in [0.05, 0.1) is 18.7 Å². The molecule has 0 aliphatic carbocycles. The van der Waals surface area contributed by atoms with Crippen molar-refractivity contribution in [1.29, 1.82) is 0 Å². The first-order valence-corrected chi connectivity index (χ1v) is 10.5. The summed E-state index contributed by atoms with van der Waals surface area (Å²) in [7, 11) is 2.00. The van der Waals surface area contributed by atoms with Crippen molar-refractivity contribution < 1.29 is 14.3 Å². The zero-order chi connectivity index (χ0) is 21.5. The van der Waals surface area contributed by atoms with E-state index >= 15 is 0 Å². The van der Waals surface area contributed by atoms with E-state index in [9.17, 15) is 14.3 Å². The Bertz CT molecular complexity index is 1100. The second-order valence-corrected chi connectivity index (χ2v) is 8.27. The van der Waals surface area contributed by atoms with E-state index in [1.165, 1.54) is 12.1 Å². The van der Waals surface area contributed by atoms with Crippen LogP contribution in [0.4, 0.5) is 10.1 Å². The zero-order valence-corrected chi connectivity index (χ0v) is 17.3. The number of anilines is 1. The highest BCUT2D eigenvalue weighted by molar-refractivity contribution is 5.95. The van der Waals surface area contributed by atoms with Crippen molar-refractivity contribution in [2.45, 2.75) is 18.5 Å². The standard InChI is InChI=1S/C25H24FN3O2/c1-28-22-7-4-18(16-2-5-19(26)6-3-16)14-21(22)24-20(23(28)15-30)10-13-29(24)25(31)17-8-11-27-12-9-17/h2-9,11-12,14,20,23-24,30H,10,13,15H2,1H3/t20-,23+,24-/m0/s1. The van der Waals surface area contributed by atoms with Gasteiger partial charge in [-0.2, -0.15) is 0 Å². The van der Waals surface area contributed by atoms with Gasteiger partial charge in [-0.05, 0) is 59.5 Å². The average molecular weight is 417 g/mol. The molecule has 158 valence electrons. The summed E-state index contributed by atoms with van der Waals surface area (Å²) in [5.41, 5.74) is 4.61. The summed E-state index contributed by atoms with van der Waals surface area (Å²) in [5.74, 6) is -0.150. The maximum absolute atomic E-state index is 13.4. The molecule has 2 aromatic carbocycles. The predicted octanol–water partition coefficient (Wildman–Crippen LogP) is 3.90. The van der Waals surface area contributed by atoms with E-state index in [4.69, 9.17) is 0 Å². The van der Waals surface area contributed by atoms with E-state index in [-0.39, 0.29) is 36.3 Å². The number of carbonyl (C=O) groups is 1. The van der Waals surface area contributed by atoms with Crippen LogP contribution in [0.15, 0.2) is 67.0 Å². The number of aliphatic hydroxyl groups excluding tert-OH is 1. The minimum absolute atomic E-state index is 0.0192. The van der Waals surface area contributed by atoms with Gasteiger partial charge in [-0.1, -0.05) is 18.2 Å². The molecule has 2 aliphatic heterocycles. The second-order valence-electron chi connectivity index (χ2n) is 8.27. The highest BCUT2D eigenvalue weighted by atomic mass is 19.1.